The van der Waals surface area contributed by atoms with Crippen molar-refractivity contribution in [2.45, 2.75) is 13.5 Å². The number of aromatic nitrogens is 1. The van der Waals surface area contributed by atoms with Gasteiger partial charge in [-0.25, -0.2) is 0 Å². The van der Waals surface area contributed by atoms with Crippen LogP contribution in [0.5, 0.6) is 0 Å². The summed E-state index contributed by atoms with van der Waals surface area (Å²) >= 11 is 3.35. The van der Waals surface area contributed by atoms with E-state index in [0.717, 1.165) is 16.6 Å². The fourth-order valence-electron chi connectivity index (χ4n) is 1.03. The van der Waals surface area contributed by atoms with Crippen LogP contribution in [0, 0.1) is 17.2 Å². The molecule has 74 valence electrons. The van der Waals surface area contributed by atoms with E-state index in [1.807, 2.05) is 19.2 Å². The number of rotatable bonds is 4. The molecule has 0 radical (unpaired) electrons. The second kappa shape index (κ2) is 5.74. The lowest BCUT2D eigenvalue weighted by molar-refractivity contribution is 0.601. The summed E-state index contributed by atoms with van der Waals surface area (Å²) in [6.45, 7) is 3.35. The highest BCUT2D eigenvalue weighted by Gasteiger charge is 1.99. The molecule has 0 bridgehead atoms. The molecular formula is C10H12BrN3. The largest absolute Gasteiger partial charge is 0.311 e. The summed E-state index contributed by atoms with van der Waals surface area (Å²) in [5.74, 6) is 0.0510. The maximum atomic E-state index is 8.57. The van der Waals surface area contributed by atoms with Gasteiger partial charge in [0.2, 0.25) is 0 Å². The standard InChI is InChI=1S/C10H12BrN3/c1-8(3-12)4-13-5-9-2-10(11)7-14-6-9/h2,6-8,13H,4-5H2,1H3. The fourth-order valence-corrected chi connectivity index (χ4v) is 1.44. The number of nitrogens with zero attached hydrogens (tertiary/aromatic N) is 2. The van der Waals surface area contributed by atoms with Gasteiger partial charge in [-0.1, -0.05) is 0 Å². The summed E-state index contributed by atoms with van der Waals surface area (Å²) in [6.07, 6.45) is 3.57. The molecule has 1 aromatic rings. The van der Waals surface area contributed by atoms with Crippen LogP contribution in [0.2, 0.25) is 0 Å². The highest BCUT2D eigenvalue weighted by Crippen LogP contribution is 2.09. The lowest BCUT2D eigenvalue weighted by atomic mass is 10.2. The summed E-state index contributed by atoms with van der Waals surface area (Å²) < 4.78 is 0.977. The zero-order valence-corrected chi connectivity index (χ0v) is 9.58. The lowest BCUT2D eigenvalue weighted by Crippen LogP contribution is -2.19. The van der Waals surface area contributed by atoms with E-state index in [-0.39, 0.29) is 5.92 Å². The number of nitriles is 1. The Morgan fingerprint density at radius 1 is 1.64 bits per heavy atom. The predicted molar refractivity (Wildman–Crippen MR) is 58.4 cm³/mol. The first-order valence-corrected chi connectivity index (χ1v) is 5.21. The van der Waals surface area contributed by atoms with Crippen LogP contribution in [0.3, 0.4) is 0 Å². The van der Waals surface area contributed by atoms with Crippen molar-refractivity contribution in [3.05, 3.63) is 28.5 Å². The molecule has 1 heterocycles. The smallest absolute Gasteiger partial charge is 0.0666 e. The summed E-state index contributed by atoms with van der Waals surface area (Å²) in [4.78, 5) is 4.05. The normalized spacial score (nSPS) is 12.1. The van der Waals surface area contributed by atoms with Gasteiger partial charge >= 0.3 is 0 Å². The first kappa shape index (κ1) is 11.2. The van der Waals surface area contributed by atoms with Gasteiger partial charge < -0.3 is 5.32 Å². The minimum atomic E-state index is 0.0510. The van der Waals surface area contributed by atoms with Crippen LogP contribution in [-0.4, -0.2) is 11.5 Å². The first-order valence-electron chi connectivity index (χ1n) is 4.42. The third-order valence-electron chi connectivity index (χ3n) is 1.76. The van der Waals surface area contributed by atoms with E-state index in [4.69, 9.17) is 5.26 Å². The zero-order valence-electron chi connectivity index (χ0n) is 8.00. The van der Waals surface area contributed by atoms with Gasteiger partial charge in [-0.3, -0.25) is 4.98 Å². The second-order valence-corrected chi connectivity index (χ2v) is 4.09. The Morgan fingerprint density at radius 2 is 2.43 bits per heavy atom. The van der Waals surface area contributed by atoms with Gasteiger partial charge in [0, 0.05) is 30.0 Å². The van der Waals surface area contributed by atoms with E-state index in [1.165, 1.54) is 0 Å². The van der Waals surface area contributed by atoms with Crippen LogP contribution in [0.4, 0.5) is 0 Å². The minimum Gasteiger partial charge on any atom is -0.311 e. The number of hydrogen-bond donors (Lipinski definition) is 1. The van der Waals surface area contributed by atoms with Crippen molar-refractivity contribution >= 4 is 15.9 Å². The Hall–Kier alpha value is -0.920. The van der Waals surface area contributed by atoms with Crippen LogP contribution in [0.15, 0.2) is 22.9 Å². The molecule has 0 saturated carbocycles. The molecule has 1 atom stereocenters. The van der Waals surface area contributed by atoms with E-state index < -0.39 is 0 Å². The molecule has 3 nitrogen and oxygen atoms in total. The molecule has 0 aliphatic carbocycles. The molecule has 1 unspecified atom stereocenters. The van der Waals surface area contributed by atoms with Crippen molar-refractivity contribution in [3.8, 4) is 6.07 Å². The van der Waals surface area contributed by atoms with Crippen molar-refractivity contribution in [1.82, 2.24) is 10.3 Å². The third kappa shape index (κ3) is 3.86. The fraction of sp³-hybridized carbons (Fsp3) is 0.400. The van der Waals surface area contributed by atoms with Crippen molar-refractivity contribution in [3.63, 3.8) is 0 Å². The maximum Gasteiger partial charge on any atom is 0.0666 e. The average molecular weight is 254 g/mol. The van der Waals surface area contributed by atoms with Crippen LogP contribution in [-0.2, 0) is 6.54 Å². The molecule has 0 saturated heterocycles. The van der Waals surface area contributed by atoms with Crippen LogP contribution >= 0.6 is 15.9 Å². The molecule has 1 rings (SSSR count). The maximum absolute atomic E-state index is 8.57. The van der Waals surface area contributed by atoms with E-state index in [0.29, 0.717) is 6.54 Å². The predicted octanol–water partition coefficient (Wildman–Crippen LogP) is 2.09. The molecule has 0 spiro atoms. The molecule has 4 heteroatoms. The van der Waals surface area contributed by atoms with Crippen molar-refractivity contribution in [1.29, 1.82) is 5.26 Å². The molecule has 14 heavy (non-hydrogen) atoms. The lowest BCUT2D eigenvalue weighted by Gasteiger charge is -2.05. The van der Waals surface area contributed by atoms with Gasteiger partial charge in [-0.2, -0.15) is 5.26 Å². The van der Waals surface area contributed by atoms with Gasteiger partial charge in [-0.15, -0.1) is 0 Å². The molecule has 0 amide bonds. The SMILES string of the molecule is CC(C#N)CNCc1cncc(Br)c1. The minimum absolute atomic E-state index is 0.0510. The Morgan fingerprint density at radius 3 is 3.07 bits per heavy atom. The average Bonchev–Trinajstić information content (AvgIpc) is 2.17. The summed E-state index contributed by atoms with van der Waals surface area (Å²) in [5.41, 5.74) is 1.12. The van der Waals surface area contributed by atoms with E-state index in [1.54, 1.807) is 6.20 Å². The molecule has 1 N–H and O–H groups in total. The Balaban J connectivity index is 2.36. The quantitative estimate of drug-likeness (QED) is 0.895. The number of halogens is 1. The van der Waals surface area contributed by atoms with E-state index in [2.05, 4.69) is 32.3 Å². The first-order chi connectivity index (χ1) is 6.72. The summed E-state index contributed by atoms with van der Waals surface area (Å²) in [6, 6.07) is 4.19. The highest BCUT2D eigenvalue weighted by molar-refractivity contribution is 9.10. The van der Waals surface area contributed by atoms with Crippen molar-refractivity contribution in [2.75, 3.05) is 6.54 Å². The highest BCUT2D eigenvalue weighted by atomic mass is 79.9. The summed E-state index contributed by atoms with van der Waals surface area (Å²) in [7, 11) is 0. The molecule has 0 aromatic carbocycles. The molecule has 0 aliphatic rings. The third-order valence-corrected chi connectivity index (χ3v) is 2.20. The topological polar surface area (TPSA) is 48.7 Å². The molecule has 0 aliphatic heterocycles. The molecular weight excluding hydrogens is 242 g/mol. The van der Waals surface area contributed by atoms with Crippen LogP contribution < -0.4 is 5.32 Å². The Labute approximate surface area is 92.3 Å². The zero-order chi connectivity index (χ0) is 10.4. The number of pyridine rings is 1. The van der Waals surface area contributed by atoms with Gasteiger partial charge in [0.1, 0.15) is 0 Å². The second-order valence-electron chi connectivity index (χ2n) is 3.17. The van der Waals surface area contributed by atoms with E-state index >= 15 is 0 Å². The van der Waals surface area contributed by atoms with Gasteiger partial charge in [0.25, 0.3) is 0 Å². The monoisotopic (exact) mass is 253 g/mol. The van der Waals surface area contributed by atoms with Crippen LogP contribution in [0.1, 0.15) is 12.5 Å². The Kier molecular flexibility index (Phi) is 4.57. The number of nitrogens with one attached hydrogen (secondary N) is 1. The van der Waals surface area contributed by atoms with Gasteiger partial charge in [0.05, 0.1) is 12.0 Å². The molecule has 1 aromatic heterocycles. The summed E-state index contributed by atoms with van der Waals surface area (Å²) in [5, 5.41) is 11.8. The van der Waals surface area contributed by atoms with Crippen molar-refractivity contribution in [2.24, 2.45) is 5.92 Å². The van der Waals surface area contributed by atoms with Gasteiger partial charge in [-0.05, 0) is 34.5 Å². The van der Waals surface area contributed by atoms with Gasteiger partial charge in [0.15, 0.2) is 0 Å². The Bertz CT molecular complexity index is 332. The van der Waals surface area contributed by atoms with Crippen LogP contribution in [0.25, 0.3) is 0 Å². The van der Waals surface area contributed by atoms with Crippen molar-refractivity contribution < 1.29 is 0 Å². The molecule has 0 fully saturated rings. The van der Waals surface area contributed by atoms with E-state index in [9.17, 15) is 0 Å². The number of hydrogen-bond acceptors (Lipinski definition) is 3.